The Bertz CT molecular complexity index is 859. The Morgan fingerprint density at radius 3 is 2.37 bits per heavy atom. The molecule has 0 radical (unpaired) electrons. The Morgan fingerprint density at radius 1 is 1.04 bits per heavy atom. The number of sulfonamides is 1. The molecular weight excluding hydrogens is 360 g/mol. The van der Waals surface area contributed by atoms with Gasteiger partial charge in [0, 0.05) is 17.8 Å². The summed E-state index contributed by atoms with van der Waals surface area (Å²) in [4.78, 5) is 12.6. The molecule has 0 atom stereocenters. The van der Waals surface area contributed by atoms with E-state index in [0.29, 0.717) is 23.7 Å². The lowest BCUT2D eigenvalue weighted by molar-refractivity contribution is 0.102. The zero-order valence-electron chi connectivity index (χ0n) is 16.2. The Kier molecular flexibility index (Phi) is 7.56. The maximum atomic E-state index is 12.5. The fraction of sp³-hybridized carbons (Fsp3) is 0.381. The Morgan fingerprint density at radius 2 is 1.74 bits per heavy atom. The second kappa shape index (κ2) is 9.67. The van der Waals surface area contributed by atoms with Crippen LogP contribution in [0.5, 0.6) is 0 Å². The second-order valence-corrected chi connectivity index (χ2v) is 8.63. The minimum Gasteiger partial charge on any atom is -0.322 e. The van der Waals surface area contributed by atoms with Gasteiger partial charge in [-0.1, -0.05) is 51.8 Å². The topological polar surface area (TPSA) is 75.3 Å². The number of benzene rings is 2. The van der Waals surface area contributed by atoms with Crippen molar-refractivity contribution < 1.29 is 13.2 Å². The molecule has 2 aromatic carbocycles. The summed E-state index contributed by atoms with van der Waals surface area (Å²) >= 11 is 0. The number of hydrogen-bond acceptors (Lipinski definition) is 3. The van der Waals surface area contributed by atoms with Gasteiger partial charge >= 0.3 is 0 Å². The van der Waals surface area contributed by atoms with Crippen molar-refractivity contribution in [3.63, 3.8) is 0 Å². The summed E-state index contributed by atoms with van der Waals surface area (Å²) in [6.07, 6.45) is 2.79. The summed E-state index contributed by atoms with van der Waals surface area (Å²) in [5, 5.41) is 2.81. The number of hydrogen-bond donors (Lipinski definition) is 2. The SMILES string of the molecule is CCCCCNS(=O)(=O)c1cccc(C(=O)Nc2ccc(C(C)C)cc2)c1. The van der Waals surface area contributed by atoms with E-state index in [2.05, 4.69) is 30.8 Å². The highest BCUT2D eigenvalue weighted by Gasteiger charge is 2.16. The van der Waals surface area contributed by atoms with Gasteiger partial charge in [-0.25, -0.2) is 13.1 Å². The van der Waals surface area contributed by atoms with E-state index in [0.717, 1.165) is 19.3 Å². The van der Waals surface area contributed by atoms with Crippen LogP contribution in [-0.4, -0.2) is 20.9 Å². The lowest BCUT2D eigenvalue weighted by atomic mass is 10.0. The van der Waals surface area contributed by atoms with Gasteiger partial charge < -0.3 is 5.32 Å². The molecule has 27 heavy (non-hydrogen) atoms. The predicted octanol–water partition coefficient (Wildman–Crippen LogP) is 4.53. The van der Waals surface area contributed by atoms with E-state index in [9.17, 15) is 13.2 Å². The molecule has 5 nitrogen and oxygen atoms in total. The molecule has 0 bridgehead atoms. The molecule has 2 N–H and O–H groups in total. The molecular formula is C21H28N2O3S. The molecule has 0 unspecified atom stereocenters. The monoisotopic (exact) mass is 388 g/mol. The first-order valence-electron chi connectivity index (χ1n) is 9.34. The standard InChI is InChI=1S/C21H28N2O3S/c1-4-5-6-14-22-27(25,26)20-9-7-8-18(15-20)21(24)23-19-12-10-17(11-13-19)16(2)3/h7-13,15-16,22H,4-6,14H2,1-3H3,(H,23,24). The van der Waals surface area contributed by atoms with Crippen LogP contribution in [0.15, 0.2) is 53.4 Å². The van der Waals surface area contributed by atoms with Gasteiger partial charge in [-0.15, -0.1) is 0 Å². The summed E-state index contributed by atoms with van der Waals surface area (Å²) in [5.41, 5.74) is 2.17. The van der Waals surface area contributed by atoms with Crippen LogP contribution >= 0.6 is 0 Å². The van der Waals surface area contributed by atoms with Crippen molar-refractivity contribution in [3.05, 3.63) is 59.7 Å². The van der Waals surface area contributed by atoms with Crippen LogP contribution in [0.25, 0.3) is 0 Å². The second-order valence-electron chi connectivity index (χ2n) is 6.86. The molecule has 6 heteroatoms. The van der Waals surface area contributed by atoms with Crippen LogP contribution < -0.4 is 10.0 Å². The van der Waals surface area contributed by atoms with Crippen molar-refractivity contribution >= 4 is 21.6 Å². The summed E-state index contributed by atoms with van der Waals surface area (Å²) in [6, 6.07) is 13.7. The summed E-state index contributed by atoms with van der Waals surface area (Å²) in [6.45, 7) is 6.67. The first kappa shape index (κ1) is 21.1. The molecule has 1 amide bonds. The smallest absolute Gasteiger partial charge is 0.255 e. The van der Waals surface area contributed by atoms with Crippen LogP contribution in [0.1, 0.15) is 61.9 Å². The maximum Gasteiger partial charge on any atom is 0.255 e. The highest BCUT2D eigenvalue weighted by atomic mass is 32.2. The lowest BCUT2D eigenvalue weighted by Gasteiger charge is -2.10. The zero-order valence-corrected chi connectivity index (χ0v) is 17.0. The normalized spacial score (nSPS) is 11.6. The van der Waals surface area contributed by atoms with Gasteiger partial charge in [0.05, 0.1) is 4.90 Å². The van der Waals surface area contributed by atoms with E-state index in [1.807, 2.05) is 24.3 Å². The highest BCUT2D eigenvalue weighted by molar-refractivity contribution is 7.89. The van der Waals surface area contributed by atoms with E-state index in [1.165, 1.54) is 17.7 Å². The molecule has 2 aromatic rings. The van der Waals surface area contributed by atoms with Crippen LogP contribution in [0.2, 0.25) is 0 Å². The first-order valence-corrected chi connectivity index (χ1v) is 10.8. The largest absolute Gasteiger partial charge is 0.322 e. The van der Waals surface area contributed by atoms with Crippen LogP contribution in [0, 0.1) is 0 Å². The quantitative estimate of drug-likeness (QED) is 0.620. The molecule has 0 aliphatic rings. The van der Waals surface area contributed by atoms with E-state index < -0.39 is 10.0 Å². The number of carbonyl (C=O) groups is 1. The van der Waals surface area contributed by atoms with Crippen molar-refractivity contribution in [2.24, 2.45) is 0 Å². The van der Waals surface area contributed by atoms with Crippen molar-refractivity contribution in [1.82, 2.24) is 4.72 Å². The number of nitrogens with one attached hydrogen (secondary N) is 2. The number of carbonyl (C=O) groups excluding carboxylic acids is 1. The number of rotatable bonds is 9. The predicted molar refractivity (Wildman–Crippen MR) is 110 cm³/mol. The summed E-state index contributed by atoms with van der Waals surface area (Å²) in [5.74, 6) is 0.0804. The van der Waals surface area contributed by atoms with E-state index in [-0.39, 0.29) is 10.8 Å². The molecule has 0 spiro atoms. The number of unbranched alkanes of at least 4 members (excludes halogenated alkanes) is 2. The van der Waals surface area contributed by atoms with Crippen LogP contribution in [0.4, 0.5) is 5.69 Å². The fourth-order valence-corrected chi connectivity index (χ4v) is 3.74. The van der Waals surface area contributed by atoms with Gasteiger partial charge in [0.25, 0.3) is 5.91 Å². The highest BCUT2D eigenvalue weighted by Crippen LogP contribution is 2.18. The third-order valence-electron chi connectivity index (χ3n) is 4.31. The molecule has 0 aliphatic carbocycles. The van der Waals surface area contributed by atoms with E-state index >= 15 is 0 Å². The van der Waals surface area contributed by atoms with Gasteiger partial charge in [-0.2, -0.15) is 0 Å². The molecule has 0 heterocycles. The Hall–Kier alpha value is -2.18. The van der Waals surface area contributed by atoms with Crippen LogP contribution in [-0.2, 0) is 10.0 Å². The molecule has 0 fully saturated rings. The van der Waals surface area contributed by atoms with Gasteiger partial charge in [-0.05, 0) is 48.2 Å². The Labute approximate surface area is 162 Å². The molecule has 2 rings (SSSR count). The molecule has 146 valence electrons. The first-order chi connectivity index (χ1) is 12.8. The molecule has 0 aliphatic heterocycles. The van der Waals surface area contributed by atoms with E-state index in [4.69, 9.17) is 0 Å². The van der Waals surface area contributed by atoms with Gasteiger partial charge in [0.1, 0.15) is 0 Å². The fourth-order valence-electron chi connectivity index (χ4n) is 2.62. The van der Waals surface area contributed by atoms with E-state index in [1.54, 1.807) is 12.1 Å². The minimum atomic E-state index is -3.61. The third kappa shape index (κ3) is 6.19. The van der Waals surface area contributed by atoms with Crippen molar-refractivity contribution in [3.8, 4) is 0 Å². The minimum absolute atomic E-state index is 0.0989. The number of amides is 1. The molecule has 0 saturated heterocycles. The van der Waals surface area contributed by atoms with Crippen molar-refractivity contribution in [2.75, 3.05) is 11.9 Å². The summed E-state index contributed by atoms with van der Waals surface area (Å²) < 4.78 is 27.4. The van der Waals surface area contributed by atoms with Gasteiger partial charge in [0.15, 0.2) is 0 Å². The number of anilines is 1. The van der Waals surface area contributed by atoms with Crippen LogP contribution in [0.3, 0.4) is 0 Å². The maximum absolute atomic E-state index is 12.5. The Balaban J connectivity index is 2.08. The molecule has 0 saturated carbocycles. The average Bonchev–Trinajstić information content (AvgIpc) is 2.66. The summed E-state index contributed by atoms with van der Waals surface area (Å²) in [7, 11) is -3.61. The van der Waals surface area contributed by atoms with Gasteiger partial charge in [0.2, 0.25) is 10.0 Å². The average molecular weight is 389 g/mol. The van der Waals surface area contributed by atoms with Crippen molar-refractivity contribution in [2.45, 2.75) is 50.8 Å². The zero-order chi connectivity index (χ0) is 19.9. The van der Waals surface area contributed by atoms with Crippen molar-refractivity contribution in [1.29, 1.82) is 0 Å². The third-order valence-corrected chi connectivity index (χ3v) is 5.77. The van der Waals surface area contributed by atoms with Gasteiger partial charge in [-0.3, -0.25) is 4.79 Å². The lowest BCUT2D eigenvalue weighted by Crippen LogP contribution is -2.25. The molecule has 0 aromatic heterocycles.